The van der Waals surface area contributed by atoms with Crippen molar-refractivity contribution < 1.29 is 12.8 Å². The molecule has 1 saturated carbocycles. The Morgan fingerprint density at radius 2 is 1.82 bits per heavy atom. The smallest absolute Gasteiger partial charge is 0.268 e. The molecule has 8 heteroatoms. The number of rotatable bonds is 9. The van der Waals surface area contributed by atoms with Crippen LogP contribution in [0.25, 0.3) is 11.3 Å². The summed E-state index contributed by atoms with van der Waals surface area (Å²) >= 11 is 0. The molecule has 1 aliphatic rings. The van der Waals surface area contributed by atoms with Crippen LogP contribution in [0.5, 0.6) is 0 Å². The monoisotopic (exact) mass is 470 g/mol. The van der Waals surface area contributed by atoms with Crippen molar-refractivity contribution in [2.45, 2.75) is 57.5 Å². The van der Waals surface area contributed by atoms with Crippen LogP contribution in [0.2, 0.25) is 0 Å². The Labute approximate surface area is 195 Å². The van der Waals surface area contributed by atoms with E-state index in [9.17, 15) is 12.8 Å². The average molecular weight is 471 g/mol. The lowest BCUT2D eigenvalue weighted by Crippen LogP contribution is -2.51. The molecule has 0 saturated heterocycles. The van der Waals surface area contributed by atoms with Gasteiger partial charge in [-0.25, -0.2) is 4.39 Å². The number of benzene rings is 2. The summed E-state index contributed by atoms with van der Waals surface area (Å²) in [6, 6.07) is 16.5. The van der Waals surface area contributed by atoms with E-state index in [1.54, 1.807) is 12.1 Å². The van der Waals surface area contributed by atoms with E-state index in [4.69, 9.17) is 0 Å². The first kappa shape index (κ1) is 23.6. The molecule has 2 aromatic carbocycles. The van der Waals surface area contributed by atoms with E-state index in [-0.39, 0.29) is 11.9 Å². The third-order valence-corrected chi connectivity index (χ3v) is 7.63. The third kappa shape index (κ3) is 5.88. The fourth-order valence-corrected chi connectivity index (χ4v) is 5.60. The molecule has 0 bridgehead atoms. The molecule has 33 heavy (non-hydrogen) atoms. The second-order valence-corrected chi connectivity index (χ2v) is 10.8. The highest BCUT2D eigenvalue weighted by molar-refractivity contribution is 7.87. The maximum atomic E-state index is 13.1. The first-order chi connectivity index (χ1) is 15.6. The van der Waals surface area contributed by atoms with Gasteiger partial charge in [0.15, 0.2) is 0 Å². The highest BCUT2D eigenvalue weighted by Crippen LogP contribution is 2.28. The number of aromatic nitrogens is 2. The van der Waals surface area contributed by atoms with E-state index in [2.05, 4.69) is 20.6 Å². The topological polar surface area (TPSA) is 76.0 Å². The lowest BCUT2D eigenvalue weighted by atomic mass is 9.93. The van der Waals surface area contributed by atoms with Gasteiger partial charge in [-0.15, -0.1) is 0 Å². The Bertz CT molecular complexity index is 1220. The van der Waals surface area contributed by atoms with Crippen molar-refractivity contribution >= 4 is 10.2 Å². The van der Waals surface area contributed by atoms with Gasteiger partial charge in [0.25, 0.3) is 10.2 Å². The zero-order valence-corrected chi connectivity index (χ0v) is 20.1. The molecule has 0 unspecified atom stereocenters. The van der Waals surface area contributed by atoms with Crippen molar-refractivity contribution in [1.29, 1.82) is 0 Å². The molecule has 6 nitrogen and oxygen atoms in total. The summed E-state index contributed by atoms with van der Waals surface area (Å²) in [6.45, 7) is 3.73. The number of hydrogen-bond acceptors (Lipinski definition) is 3. The minimum absolute atomic E-state index is 0.0346. The summed E-state index contributed by atoms with van der Waals surface area (Å²) in [4.78, 5) is 0. The molecule has 4 rings (SSSR count). The average Bonchev–Trinajstić information content (AvgIpc) is 3.10. The minimum atomic E-state index is -3.61. The molecule has 0 radical (unpaired) electrons. The second-order valence-electron chi connectivity index (χ2n) is 9.33. The van der Waals surface area contributed by atoms with Gasteiger partial charge in [-0.3, -0.25) is 4.68 Å². The van der Waals surface area contributed by atoms with Crippen LogP contribution in [0.3, 0.4) is 0 Å². The van der Waals surface area contributed by atoms with Crippen molar-refractivity contribution in [3.63, 3.8) is 0 Å². The van der Waals surface area contributed by atoms with Crippen LogP contribution in [0, 0.1) is 5.82 Å². The van der Waals surface area contributed by atoms with Crippen LogP contribution < -0.4 is 9.44 Å². The van der Waals surface area contributed by atoms with Crippen LogP contribution >= 0.6 is 0 Å². The van der Waals surface area contributed by atoms with E-state index in [0.29, 0.717) is 0 Å². The molecule has 3 aromatic rings. The summed E-state index contributed by atoms with van der Waals surface area (Å²) in [6.07, 6.45) is 4.37. The fraction of sp³-hybridized carbons (Fsp3) is 0.400. The Morgan fingerprint density at radius 1 is 1.09 bits per heavy atom. The van der Waals surface area contributed by atoms with Crippen molar-refractivity contribution in [2.24, 2.45) is 7.05 Å². The van der Waals surface area contributed by atoms with Gasteiger partial charge in [-0.2, -0.15) is 23.0 Å². The van der Waals surface area contributed by atoms with E-state index in [1.165, 1.54) is 12.1 Å². The molecule has 1 heterocycles. The van der Waals surface area contributed by atoms with Crippen LogP contribution in [0.1, 0.15) is 49.9 Å². The number of nitrogens with zero attached hydrogens (tertiary/aromatic N) is 2. The molecular formula is C25H31FN4O2S. The number of hydrogen-bond donors (Lipinski definition) is 2. The Morgan fingerprint density at radius 3 is 2.48 bits per heavy atom. The van der Waals surface area contributed by atoms with E-state index in [1.807, 2.05) is 49.8 Å². The molecule has 176 valence electrons. The second kappa shape index (κ2) is 9.37. The first-order valence-electron chi connectivity index (χ1n) is 11.3. The van der Waals surface area contributed by atoms with Gasteiger partial charge in [0.2, 0.25) is 0 Å². The van der Waals surface area contributed by atoms with Crippen LogP contribution in [-0.2, 0) is 35.6 Å². The summed E-state index contributed by atoms with van der Waals surface area (Å²) in [5.41, 5.74) is 4.03. The van der Waals surface area contributed by atoms with Gasteiger partial charge in [-0.1, -0.05) is 36.8 Å². The molecule has 0 amide bonds. The van der Waals surface area contributed by atoms with Crippen LogP contribution in [-0.4, -0.2) is 24.2 Å². The number of nitrogens with one attached hydrogen (secondary N) is 2. The maximum absolute atomic E-state index is 13.1. The van der Waals surface area contributed by atoms with Gasteiger partial charge >= 0.3 is 0 Å². The summed E-state index contributed by atoms with van der Waals surface area (Å²) in [7, 11) is -1.70. The van der Waals surface area contributed by atoms with Crippen molar-refractivity contribution in [1.82, 2.24) is 19.2 Å². The van der Waals surface area contributed by atoms with Crippen LogP contribution in [0.4, 0.5) is 4.39 Å². The Balaban J connectivity index is 1.49. The maximum Gasteiger partial charge on any atom is 0.277 e. The molecule has 0 aliphatic heterocycles. The highest BCUT2D eigenvalue weighted by atomic mass is 32.2. The normalized spacial score (nSPS) is 14.9. The third-order valence-electron chi connectivity index (χ3n) is 6.21. The van der Waals surface area contributed by atoms with E-state index >= 15 is 0 Å². The van der Waals surface area contributed by atoms with Gasteiger partial charge < -0.3 is 0 Å². The number of aryl methyl sites for hydroxylation is 3. The SMILES string of the molecule is Cn1nc(CCc2ccc(F)cc2)cc1-c1cccc(C(C)(C)NS(=O)(=O)NC2CCC2)c1. The summed E-state index contributed by atoms with van der Waals surface area (Å²) in [5.74, 6) is -0.234. The molecular weight excluding hydrogens is 439 g/mol. The largest absolute Gasteiger partial charge is 0.277 e. The Hall–Kier alpha value is -2.55. The van der Waals surface area contributed by atoms with E-state index in [0.717, 1.165) is 60.2 Å². The molecule has 1 aromatic heterocycles. The van der Waals surface area contributed by atoms with Crippen molar-refractivity contribution in [2.75, 3.05) is 0 Å². The highest BCUT2D eigenvalue weighted by Gasteiger charge is 2.30. The zero-order chi connectivity index (χ0) is 23.6. The fourth-order valence-electron chi connectivity index (χ4n) is 4.08. The predicted molar refractivity (Wildman–Crippen MR) is 128 cm³/mol. The quantitative estimate of drug-likeness (QED) is 0.492. The van der Waals surface area contributed by atoms with Gasteiger partial charge in [-0.05, 0) is 74.9 Å². The lowest BCUT2D eigenvalue weighted by molar-refractivity contribution is 0.374. The number of halogens is 1. The molecule has 1 fully saturated rings. The summed E-state index contributed by atoms with van der Waals surface area (Å²) < 4.78 is 45.7. The van der Waals surface area contributed by atoms with Crippen molar-refractivity contribution in [3.8, 4) is 11.3 Å². The van der Waals surface area contributed by atoms with Crippen LogP contribution in [0.15, 0.2) is 54.6 Å². The molecule has 2 N–H and O–H groups in total. The van der Waals surface area contributed by atoms with Gasteiger partial charge in [0.1, 0.15) is 5.82 Å². The van der Waals surface area contributed by atoms with E-state index < -0.39 is 15.7 Å². The zero-order valence-electron chi connectivity index (χ0n) is 19.3. The Kier molecular flexibility index (Phi) is 6.70. The summed E-state index contributed by atoms with van der Waals surface area (Å²) in [5, 5.41) is 4.64. The standard InChI is InChI=1S/C25H31FN4O2S/c1-25(2,29-33(31,32)28-22-8-5-9-22)20-7-4-6-19(16-20)24-17-23(27-30(24)3)15-12-18-10-13-21(26)14-11-18/h4,6-7,10-11,13-14,16-17,22,28-29H,5,8-9,12,15H2,1-3H3. The minimum Gasteiger partial charge on any atom is -0.268 e. The van der Waals surface area contributed by atoms with Gasteiger partial charge in [0, 0.05) is 18.7 Å². The molecule has 1 aliphatic carbocycles. The van der Waals surface area contributed by atoms with Gasteiger partial charge in [0.05, 0.1) is 16.9 Å². The molecule has 0 atom stereocenters. The predicted octanol–water partition coefficient (Wildman–Crippen LogP) is 4.22. The first-order valence-corrected chi connectivity index (χ1v) is 12.8. The lowest BCUT2D eigenvalue weighted by Gasteiger charge is -2.31. The molecule has 0 spiro atoms. The van der Waals surface area contributed by atoms with Crippen molar-refractivity contribution in [3.05, 3.63) is 77.2 Å².